The van der Waals surface area contributed by atoms with Crippen LogP contribution in [0.3, 0.4) is 0 Å². The summed E-state index contributed by atoms with van der Waals surface area (Å²) in [6.45, 7) is 7.90. The number of amides is 2. The van der Waals surface area contributed by atoms with Gasteiger partial charge in [0.15, 0.2) is 5.11 Å². The van der Waals surface area contributed by atoms with E-state index >= 15 is 0 Å². The molecule has 1 fully saturated rings. The highest BCUT2D eigenvalue weighted by Crippen LogP contribution is 2.29. The van der Waals surface area contributed by atoms with Gasteiger partial charge in [-0.1, -0.05) is 37.3 Å². The van der Waals surface area contributed by atoms with Gasteiger partial charge in [-0.2, -0.15) is 0 Å². The van der Waals surface area contributed by atoms with Crippen molar-refractivity contribution in [3.8, 4) is 5.75 Å². The first-order chi connectivity index (χ1) is 13.8. The Balaban J connectivity index is 2.04. The van der Waals surface area contributed by atoms with E-state index in [1.54, 1.807) is 6.08 Å². The van der Waals surface area contributed by atoms with Crippen LogP contribution in [-0.4, -0.2) is 23.0 Å². The molecule has 0 aliphatic carbocycles. The first kappa shape index (κ1) is 20.7. The van der Waals surface area contributed by atoms with Crippen LogP contribution in [0.5, 0.6) is 5.75 Å². The van der Waals surface area contributed by atoms with E-state index in [4.69, 9.17) is 17.0 Å². The predicted octanol–water partition coefficient (Wildman–Crippen LogP) is 4.31. The minimum Gasteiger partial charge on any atom is -0.490 e. The number of carbonyl (C=O) groups is 2. The zero-order valence-corrected chi connectivity index (χ0v) is 17.8. The molecule has 3 rings (SSSR count). The number of carbonyl (C=O) groups excluding carboxylic acids is 2. The SMILES string of the molecule is CC[C@@H](C)Oc1ccccc1/C=C1\C(=O)NC(=S)N(c2cccc(C)c2C)C1=O. The molecule has 0 radical (unpaired) electrons. The highest BCUT2D eigenvalue weighted by molar-refractivity contribution is 7.80. The number of anilines is 1. The lowest BCUT2D eigenvalue weighted by Crippen LogP contribution is -2.54. The summed E-state index contributed by atoms with van der Waals surface area (Å²) < 4.78 is 5.95. The molecule has 0 spiro atoms. The largest absolute Gasteiger partial charge is 0.490 e. The zero-order valence-electron chi connectivity index (χ0n) is 17.0. The van der Waals surface area contributed by atoms with Gasteiger partial charge in [0.05, 0.1) is 11.8 Å². The van der Waals surface area contributed by atoms with Crippen molar-refractivity contribution in [3.63, 3.8) is 0 Å². The highest BCUT2D eigenvalue weighted by Gasteiger charge is 2.35. The third-order valence-corrected chi connectivity index (χ3v) is 5.33. The molecule has 0 saturated carbocycles. The number of thiocarbonyl (C=S) groups is 1. The van der Waals surface area contributed by atoms with Crippen LogP contribution < -0.4 is 15.0 Å². The van der Waals surface area contributed by atoms with Gasteiger partial charge in [0, 0.05) is 5.56 Å². The number of aryl methyl sites for hydroxylation is 1. The number of ether oxygens (including phenoxy) is 1. The number of hydrogen-bond donors (Lipinski definition) is 1. The molecule has 2 aromatic carbocycles. The first-order valence-electron chi connectivity index (χ1n) is 9.56. The smallest absolute Gasteiger partial charge is 0.270 e. The number of nitrogens with zero attached hydrogens (tertiary/aromatic N) is 1. The molecule has 2 aromatic rings. The van der Waals surface area contributed by atoms with Crippen molar-refractivity contribution >= 4 is 40.9 Å². The Hall–Kier alpha value is -2.99. The molecule has 0 aromatic heterocycles. The van der Waals surface area contributed by atoms with E-state index in [-0.39, 0.29) is 16.8 Å². The number of benzene rings is 2. The molecule has 1 atom stereocenters. The van der Waals surface area contributed by atoms with Gasteiger partial charge in [0.25, 0.3) is 11.8 Å². The van der Waals surface area contributed by atoms with Crippen molar-refractivity contribution in [1.82, 2.24) is 5.32 Å². The van der Waals surface area contributed by atoms with Gasteiger partial charge in [-0.15, -0.1) is 0 Å². The van der Waals surface area contributed by atoms with E-state index in [0.717, 1.165) is 17.5 Å². The third kappa shape index (κ3) is 4.22. The normalized spacial score (nSPS) is 16.8. The van der Waals surface area contributed by atoms with Crippen LogP contribution in [0.15, 0.2) is 48.0 Å². The van der Waals surface area contributed by atoms with E-state index in [9.17, 15) is 9.59 Å². The Morgan fingerprint density at radius 2 is 1.86 bits per heavy atom. The van der Waals surface area contributed by atoms with Crippen LogP contribution in [0, 0.1) is 13.8 Å². The first-order valence-corrected chi connectivity index (χ1v) is 9.97. The van der Waals surface area contributed by atoms with Crippen LogP contribution in [0.1, 0.15) is 37.0 Å². The fourth-order valence-corrected chi connectivity index (χ4v) is 3.29. The van der Waals surface area contributed by atoms with Crippen LogP contribution >= 0.6 is 12.2 Å². The lowest BCUT2D eigenvalue weighted by atomic mass is 10.0. The summed E-state index contributed by atoms with van der Waals surface area (Å²) in [5, 5.41) is 2.71. The molecule has 29 heavy (non-hydrogen) atoms. The maximum absolute atomic E-state index is 13.3. The van der Waals surface area contributed by atoms with Crippen molar-refractivity contribution < 1.29 is 14.3 Å². The molecular weight excluding hydrogens is 384 g/mol. The van der Waals surface area contributed by atoms with Crippen LogP contribution in [0.4, 0.5) is 5.69 Å². The summed E-state index contributed by atoms with van der Waals surface area (Å²) in [7, 11) is 0. The lowest BCUT2D eigenvalue weighted by molar-refractivity contribution is -0.122. The molecule has 1 aliphatic rings. The minimum absolute atomic E-state index is 0.0136. The molecule has 5 nitrogen and oxygen atoms in total. The summed E-state index contributed by atoms with van der Waals surface area (Å²) in [6.07, 6.45) is 2.43. The van der Waals surface area contributed by atoms with E-state index in [1.807, 2.05) is 70.2 Å². The summed E-state index contributed by atoms with van der Waals surface area (Å²) >= 11 is 5.30. The second-order valence-corrected chi connectivity index (χ2v) is 7.44. The Kier molecular flexibility index (Phi) is 6.13. The van der Waals surface area contributed by atoms with E-state index in [0.29, 0.717) is 17.0 Å². The Bertz CT molecular complexity index is 1010. The molecule has 150 valence electrons. The Morgan fingerprint density at radius 3 is 2.59 bits per heavy atom. The van der Waals surface area contributed by atoms with E-state index < -0.39 is 11.8 Å². The van der Waals surface area contributed by atoms with Crippen LogP contribution in [0.25, 0.3) is 6.08 Å². The fourth-order valence-electron chi connectivity index (χ4n) is 3.02. The van der Waals surface area contributed by atoms with Gasteiger partial charge in [0.1, 0.15) is 11.3 Å². The molecular formula is C23H24N2O3S. The number of rotatable bonds is 5. The summed E-state index contributed by atoms with van der Waals surface area (Å²) in [6, 6.07) is 13.0. The van der Waals surface area contributed by atoms with E-state index in [2.05, 4.69) is 5.32 Å². The lowest BCUT2D eigenvalue weighted by Gasteiger charge is -2.30. The quantitative estimate of drug-likeness (QED) is 0.455. The maximum atomic E-state index is 13.3. The Morgan fingerprint density at radius 1 is 1.14 bits per heavy atom. The van der Waals surface area contributed by atoms with Crippen molar-refractivity contribution in [2.24, 2.45) is 0 Å². The molecule has 6 heteroatoms. The molecule has 0 unspecified atom stereocenters. The zero-order chi connectivity index (χ0) is 21.1. The average molecular weight is 409 g/mol. The number of nitrogens with one attached hydrogen (secondary N) is 1. The number of hydrogen-bond acceptors (Lipinski definition) is 4. The maximum Gasteiger partial charge on any atom is 0.270 e. The van der Waals surface area contributed by atoms with Gasteiger partial charge in [0.2, 0.25) is 0 Å². The second kappa shape index (κ2) is 8.57. The van der Waals surface area contributed by atoms with Crippen molar-refractivity contribution in [1.29, 1.82) is 0 Å². The van der Waals surface area contributed by atoms with Crippen molar-refractivity contribution in [2.45, 2.75) is 40.2 Å². The Labute approximate surface area is 176 Å². The molecule has 1 aliphatic heterocycles. The molecule has 1 N–H and O–H groups in total. The topological polar surface area (TPSA) is 58.6 Å². The van der Waals surface area contributed by atoms with Gasteiger partial charge >= 0.3 is 0 Å². The summed E-state index contributed by atoms with van der Waals surface area (Å²) in [5.41, 5.74) is 3.31. The summed E-state index contributed by atoms with van der Waals surface area (Å²) in [4.78, 5) is 27.2. The minimum atomic E-state index is -0.514. The molecule has 2 amide bonds. The number of para-hydroxylation sites is 1. The monoisotopic (exact) mass is 408 g/mol. The molecule has 0 bridgehead atoms. The van der Waals surface area contributed by atoms with Gasteiger partial charge in [-0.3, -0.25) is 19.8 Å². The third-order valence-electron chi connectivity index (χ3n) is 5.04. The van der Waals surface area contributed by atoms with Crippen molar-refractivity contribution in [3.05, 3.63) is 64.7 Å². The van der Waals surface area contributed by atoms with Crippen LogP contribution in [0.2, 0.25) is 0 Å². The predicted molar refractivity (Wildman–Crippen MR) is 119 cm³/mol. The summed E-state index contributed by atoms with van der Waals surface area (Å²) in [5.74, 6) is -0.341. The highest BCUT2D eigenvalue weighted by atomic mass is 32.1. The van der Waals surface area contributed by atoms with Crippen molar-refractivity contribution in [2.75, 3.05) is 4.90 Å². The standard InChI is InChI=1S/C23H24N2O3S/c1-5-15(3)28-20-12-7-6-10-17(20)13-18-21(26)24-23(29)25(22(18)27)19-11-8-9-14(2)16(19)4/h6-13,15H,5H2,1-4H3,(H,24,26,29)/b18-13+/t15-/m1/s1. The van der Waals surface area contributed by atoms with Gasteiger partial charge in [-0.25, -0.2) is 0 Å². The average Bonchev–Trinajstić information content (AvgIpc) is 2.69. The second-order valence-electron chi connectivity index (χ2n) is 7.05. The fraction of sp³-hybridized carbons (Fsp3) is 0.261. The molecule has 1 saturated heterocycles. The van der Waals surface area contributed by atoms with Gasteiger partial charge < -0.3 is 4.74 Å². The molecule has 1 heterocycles. The van der Waals surface area contributed by atoms with Crippen LogP contribution in [-0.2, 0) is 9.59 Å². The van der Waals surface area contributed by atoms with Gasteiger partial charge in [-0.05, 0) is 68.7 Å². The van der Waals surface area contributed by atoms with E-state index in [1.165, 1.54) is 4.90 Å².